The minimum absolute atomic E-state index is 0.266. The third-order valence-electron chi connectivity index (χ3n) is 3.89. The second-order valence-corrected chi connectivity index (χ2v) is 5.77. The number of methoxy groups -OCH3 is 3. The molecule has 2 rings (SSSR count). The molecule has 0 aliphatic rings. The van der Waals surface area contributed by atoms with Crippen LogP contribution in [-0.4, -0.2) is 43.5 Å². The van der Waals surface area contributed by atoms with E-state index in [1.165, 1.54) is 25.9 Å². The second-order valence-electron chi connectivity index (χ2n) is 5.77. The van der Waals surface area contributed by atoms with Gasteiger partial charge in [0.1, 0.15) is 0 Å². The van der Waals surface area contributed by atoms with E-state index in [1.54, 1.807) is 19.1 Å². The first-order chi connectivity index (χ1) is 12.9. The maximum Gasteiger partial charge on any atom is 0.348 e. The summed E-state index contributed by atoms with van der Waals surface area (Å²) in [5.41, 5.74) is 1.60. The van der Waals surface area contributed by atoms with Crippen LogP contribution in [-0.2, 0) is 6.54 Å². The van der Waals surface area contributed by atoms with E-state index in [0.717, 1.165) is 5.69 Å². The topological polar surface area (TPSA) is 104 Å². The van der Waals surface area contributed by atoms with E-state index in [-0.39, 0.29) is 12.2 Å². The Hall–Kier alpha value is -3.23. The first kappa shape index (κ1) is 20.1. The van der Waals surface area contributed by atoms with Crippen LogP contribution in [0.5, 0.6) is 17.2 Å². The molecule has 9 heteroatoms. The molecule has 0 fully saturated rings. The van der Waals surface area contributed by atoms with Crippen molar-refractivity contribution in [1.82, 2.24) is 14.9 Å². The second kappa shape index (κ2) is 8.93. The molecular weight excluding hydrogens is 352 g/mol. The molecule has 0 bridgehead atoms. The minimum Gasteiger partial charge on any atom is -0.493 e. The summed E-state index contributed by atoms with van der Waals surface area (Å²) in [7, 11) is 4.50. The molecule has 1 aromatic heterocycles. The highest BCUT2D eigenvalue weighted by molar-refractivity contribution is 5.90. The SMILES string of the molecule is COc1cc(NC(=O)NCCn2c(C)cc(C)nc2=O)cc(OC)c1OC. The van der Waals surface area contributed by atoms with Gasteiger partial charge in [0.2, 0.25) is 5.75 Å². The molecule has 0 aliphatic carbocycles. The molecule has 0 atom stereocenters. The van der Waals surface area contributed by atoms with Gasteiger partial charge < -0.3 is 24.8 Å². The van der Waals surface area contributed by atoms with Crippen LogP contribution in [0.25, 0.3) is 0 Å². The zero-order chi connectivity index (χ0) is 20.0. The number of nitrogens with zero attached hydrogens (tertiary/aromatic N) is 2. The van der Waals surface area contributed by atoms with Crippen molar-refractivity contribution in [3.8, 4) is 17.2 Å². The number of nitrogens with one attached hydrogen (secondary N) is 2. The molecule has 0 aliphatic heterocycles. The zero-order valence-corrected chi connectivity index (χ0v) is 16.1. The van der Waals surface area contributed by atoms with Gasteiger partial charge in [0.15, 0.2) is 11.5 Å². The molecule has 0 spiro atoms. The monoisotopic (exact) mass is 376 g/mol. The molecule has 2 amide bonds. The average molecular weight is 376 g/mol. The molecule has 9 nitrogen and oxygen atoms in total. The van der Waals surface area contributed by atoms with Crippen LogP contribution in [0.3, 0.4) is 0 Å². The fourth-order valence-corrected chi connectivity index (χ4v) is 2.66. The van der Waals surface area contributed by atoms with Gasteiger partial charge in [-0.25, -0.2) is 9.59 Å². The minimum atomic E-state index is -0.421. The summed E-state index contributed by atoms with van der Waals surface area (Å²) < 4.78 is 17.3. The highest BCUT2D eigenvalue weighted by atomic mass is 16.5. The number of urea groups is 1. The first-order valence-electron chi connectivity index (χ1n) is 8.29. The predicted molar refractivity (Wildman–Crippen MR) is 101 cm³/mol. The van der Waals surface area contributed by atoms with Crippen LogP contribution in [0.1, 0.15) is 11.4 Å². The van der Waals surface area contributed by atoms with Crippen LogP contribution >= 0.6 is 0 Å². The molecule has 0 unspecified atom stereocenters. The number of amides is 2. The van der Waals surface area contributed by atoms with E-state index in [0.29, 0.717) is 35.2 Å². The van der Waals surface area contributed by atoms with Crippen molar-refractivity contribution in [2.75, 3.05) is 33.2 Å². The summed E-state index contributed by atoms with van der Waals surface area (Å²) >= 11 is 0. The molecule has 146 valence electrons. The molecule has 0 saturated carbocycles. The van der Waals surface area contributed by atoms with E-state index in [9.17, 15) is 9.59 Å². The summed E-state index contributed by atoms with van der Waals surface area (Å²) in [6, 6.07) is 4.64. The Morgan fingerprint density at radius 1 is 1.07 bits per heavy atom. The zero-order valence-electron chi connectivity index (χ0n) is 16.1. The van der Waals surface area contributed by atoms with E-state index in [4.69, 9.17) is 14.2 Å². The van der Waals surface area contributed by atoms with Crippen LogP contribution in [0.4, 0.5) is 10.5 Å². The Morgan fingerprint density at radius 2 is 1.70 bits per heavy atom. The fraction of sp³-hybridized carbons (Fsp3) is 0.389. The quantitative estimate of drug-likeness (QED) is 0.762. The van der Waals surface area contributed by atoms with Crippen molar-refractivity contribution in [2.24, 2.45) is 0 Å². The number of carbonyl (C=O) groups is 1. The van der Waals surface area contributed by atoms with Gasteiger partial charge in [0, 0.05) is 36.6 Å². The highest BCUT2D eigenvalue weighted by Gasteiger charge is 2.14. The summed E-state index contributed by atoms with van der Waals surface area (Å²) in [6.07, 6.45) is 0. The van der Waals surface area contributed by atoms with E-state index in [2.05, 4.69) is 15.6 Å². The lowest BCUT2D eigenvalue weighted by Crippen LogP contribution is -2.35. The predicted octanol–water partition coefficient (Wildman–Crippen LogP) is 1.71. The van der Waals surface area contributed by atoms with Crippen molar-refractivity contribution in [2.45, 2.75) is 20.4 Å². The van der Waals surface area contributed by atoms with Crippen molar-refractivity contribution in [3.05, 3.63) is 40.1 Å². The summed E-state index contributed by atoms with van der Waals surface area (Å²) in [5, 5.41) is 5.40. The van der Waals surface area contributed by atoms with Crippen molar-refractivity contribution < 1.29 is 19.0 Å². The maximum atomic E-state index is 12.1. The molecule has 0 saturated heterocycles. The normalized spacial score (nSPS) is 10.3. The van der Waals surface area contributed by atoms with Crippen LogP contribution in [0, 0.1) is 13.8 Å². The molecular formula is C18H24N4O5. The van der Waals surface area contributed by atoms with E-state index < -0.39 is 6.03 Å². The summed E-state index contributed by atoms with van der Waals surface area (Å²) in [5.74, 6) is 1.30. The van der Waals surface area contributed by atoms with Gasteiger partial charge in [-0.15, -0.1) is 0 Å². The van der Waals surface area contributed by atoms with Crippen molar-refractivity contribution in [3.63, 3.8) is 0 Å². The van der Waals surface area contributed by atoms with Gasteiger partial charge in [-0.2, -0.15) is 4.98 Å². The molecule has 0 radical (unpaired) electrons. The third-order valence-corrected chi connectivity index (χ3v) is 3.89. The van der Waals surface area contributed by atoms with Crippen LogP contribution in [0.2, 0.25) is 0 Å². The standard InChI is InChI=1S/C18H24N4O5/c1-11-8-12(2)22(18(24)20-11)7-6-19-17(23)21-13-9-14(25-3)16(27-5)15(10-13)26-4/h8-10H,6-7H2,1-5H3,(H2,19,21,23). The molecule has 2 aromatic rings. The number of anilines is 1. The number of aromatic nitrogens is 2. The molecule has 1 aromatic carbocycles. The fourth-order valence-electron chi connectivity index (χ4n) is 2.66. The van der Waals surface area contributed by atoms with Gasteiger partial charge in [0.05, 0.1) is 27.0 Å². The van der Waals surface area contributed by atoms with Crippen molar-refractivity contribution >= 4 is 11.7 Å². The van der Waals surface area contributed by atoms with Gasteiger partial charge in [-0.3, -0.25) is 4.57 Å². The Morgan fingerprint density at radius 3 is 2.22 bits per heavy atom. The third kappa shape index (κ3) is 4.90. The number of hydrogen-bond donors (Lipinski definition) is 2. The van der Waals surface area contributed by atoms with Gasteiger partial charge in [0.25, 0.3) is 0 Å². The van der Waals surface area contributed by atoms with Crippen LogP contribution < -0.4 is 30.5 Å². The lowest BCUT2D eigenvalue weighted by Gasteiger charge is -2.15. The van der Waals surface area contributed by atoms with Gasteiger partial charge in [-0.1, -0.05) is 0 Å². The number of ether oxygens (including phenoxy) is 3. The van der Waals surface area contributed by atoms with Crippen molar-refractivity contribution in [1.29, 1.82) is 0 Å². The first-order valence-corrected chi connectivity index (χ1v) is 8.29. The lowest BCUT2D eigenvalue weighted by atomic mass is 10.2. The largest absolute Gasteiger partial charge is 0.493 e. The molecule has 27 heavy (non-hydrogen) atoms. The number of benzene rings is 1. The Kier molecular flexibility index (Phi) is 6.64. The van der Waals surface area contributed by atoms with E-state index >= 15 is 0 Å². The lowest BCUT2D eigenvalue weighted by molar-refractivity contribution is 0.251. The van der Waals surface area contributed by atoms with E-state index in [1.807, 2.05) is 13.0 Å². The smallest absolute Gasteiger partial charge is 0.348 e. The Labute approximate surface area is 157 Å². The van der Waals surface area contributed by atoms with Gasteiger partial charge in [-0.05, 0) is 19.9 Å². The Bertz CT molecular complexity index is 854. The number of aryl methyl sites for hydroxylation is 2. The number of carbonyl (C=O) groups excluding carboxylic acids is 1. The molecule has 2 N–H and O–H groups in total. The maximum absolute atomic E-state index is 12.1. The van der Waals surface area contributed by atoms with Gasteiger partial charge >= 0.3 is 11.7 Å². The average Bonchev–Trinajstić information content (AvgIpc) is 2.62. The summed E-state index contributed by atoms with van der Waals surface area (Å²) in [6.45, 7) is 4.18. The number of hydrogen-bond acceptors (Lipinski definition) is 6. The number of rotatable bonds is 7. The van der Waals surface area contributed by atoms with Crippen LogP contribution in [0.15, 0.2) is 23.0 Å². The molecule has 1 heterocycles. The summed E-state index contributed by atoms with van der Waals surface area (Å²) in [4.78, 5) is 27.9. The highest BCUT2D eigenvalue weighted by Crippen LogP contribution is 2.39. The Balaban J connectivity index is 2.01.